The van der Waals surface area contributed by atoms with Gasteiger partial charge in [0.05, 0.1) is 11.8 Å². The molecule has 2 nitrogen and oxygen atoms in total. The summed E-state index contributed by atoms with van der Waals surface area (Å²) in [5, 5.41) is 12.3. The summed E-state index contributed by atoms with van der Waals surface area (Å²) in [7, 11) is 1.63. The van der Waals surface area contributed by atoms with Crippen LogP contribution in [0.15, 0.2) is 23.6 Å². The molecule has 0 fully saturated rings. The van der Waals surface area contributed by atoms with E-state index in [1.165, 1.54) is 11.3 Å². The van der Waals surface area contributed by atoms with Crippen LogP contribution < -0.4 is 4.74 Å². The maximum atomic E-state index is 9.43. The fourth-order valence-electron chi connectivity index (χ4n) is 1.20. The van der Waals surface area contributed by atoms with E-state index in [9.17, 15) is 5.11 Å². The summed E-state index contributed by atoms with van der Waals surface area (Å²) < 4.78 is 6.02. The second-order valence-corrected chi connectivity index (χ2v) is 3.37. The Hall–Kier alpha value is -1.22. The number of thiophene rings is 1. The summed E-state index contributed by atoms with van der Waals surface area (Å²) >= 11 is 1.51. The first-order valence-electron chi connectivity index (χ1n) is 3.56. The van der Waals surface area contributed by atoms with Crippen LogP contribution in [-0.4, -0.2) is 12.2 Å². The van der Waals surface area contributed by atoms with Gasteiger partial charge in [-0.25, -0.2) is 0 Å². The number of hydrogen-bond donors (Lipinski definition) is 1. The largest absolute Gasteiger partial charge is 0.506 e. The smallest absolute Gasteiger partial charge is 0.133 e. The Morgan fingerprint density at radius 2 is 2.17 bits per heavy atom. The van der Waals surface area contributed by atoms with Crippen LogP contribution in [0.4, 0.5) is 0 Å². The van der Waals surface area contributed by atoms with Crippen molar-refractivity contribution in [3.63, 3.8) is 0 Å². The molecule has 1 N–H and O–H groups in total. The van der Waals surface area contributed by atoms with Gasteiger partial charge in [-0.3, -0.25) is 0 Å². The molecule has 1 aromatic heterocycles. The minimum Gasteiger partial charge on any atom is -0.506 e. The topological polar surface area (TPSA) is 29.5 Å². The number of fused-ring (bicyclic) bond motifs is 1. The Morgan fingerprint density at radius 1 is 1.33 bits per heavy atom. The van der Waals surface area contributed by atoms with Gasteiger partial charge < -0.3 is 9.84 Å². The van der Waals surface area contributed by atoms with Gasteiger partial charge in [0.1, 0.15) is 11.5 Å². The zero-order valence-electron chi connectivity index (χ0n) is 6.57. The first kappa shape index (κ1) is 7.43. The molecule has 1 aromatic carbocycles. The highest BCUT2D eigenvalue weighted by Crippen LogP contribution is 2.35. The van der Waals surface area contributed by atoms with E-state index in [0.29, 0.717) is 5.75 Å². The lowest BCUT2D eigenvalue weighted by Crippen LogP contribution is -1.81. The third kappa shape index (κ3) is 0.940. The van der Waals surface area contributed by atoms with E-state index < -0.39 is 0 Å². The van der Waals surface area contributed by atoms with E-state index in [2.05, 4.69) is 0 Å². The number of aromatic hydroxyl groups is 1. The number of rotatable bonds is 1. The molecule has 0 aliphatic heterocycles. The third-order valence-corrected chi connectivity index (χ3v) is 2.71. The highest BCUT2D eigenvalue weighted by Gasteiger charge is 2.05. The second-order valence-electron chi connectivity index (χ2n) is 2.45. The van der Waals surface area contributed by atoms with Crippen molar-refractivity contribution in [1.82, 2.24) is 0 Å². The average molecular weight is 180 g/mol. The maximum absolute atomic E-state index is 9.43. The Kier molecular flexibility index (Phi) is 1.66. The lowest BCUT2D eigenvalue weighted by molar-refractivity contribution is 0.418. The van der Waals surface area contributed by atoms with Crippen LogP contribution in [0.25, 0.3) is 10.1 Å². The van der Waals surface area contributed by atoms with Gasteiger partial charge in [0.25, 0.3) is 0 Å². The minimum atomic E-state index is 0.320. The van der Waals surface area contributed by atoms with Crippen LogP contribution in [0.3, 0.4) is 0 Å². The number of methoxy groups -OCH3 is 1. The summed E-state index contributed by atoms with van der Waals surface area (Å²) in [5.41, 5.74) is 0. The third-order valence-electron chi connectivity index (χ3n) is 1.78. The molecular weight excluding hydrogens is 172 g/mol. The molecule has 0 atom stereocenters. The highest BCUT2D eigenvalue weighted by atomic mass is 32.1. The Labute approximate surface area is 74.0 Å². The Balaban J connectivity index is 2.82. The number of benzene rings is 1. The summed E-state index contributed by atoms with van der Waals surface area (Å²) in [5.74, 6) is 1.13. The highest BCUT2D eigenvalue weighted by molar-refractivity contribution is 7.17. The summed E-state index contributed by atoms with van der Waals surface area (Å²) in [6.45, 7) is 0. The van der Waals surface area contributed by atoms with Crippen molar-refractivity contribution in [3.05, 3.63) is 23.6 Å². The van der Waals surface area contributed by atoms with Gasteiger partial charge in [-0.1, -0.05) is 0 Å². The molecule has 0 amide bonds. The molecule has 0 saturated carbocycles. The Bertz CT molecular complexity index is 406. The summed E-state index contributed by atoms with van der Waals surface area (Å²) in [4.78, 5) is 0. The van der Waals surface area contributed by atoms with Gasteiger partial charge in [-0.05, 0) is 23.6 Å². The first-order chi connectivity index (χ1) is 5.83. The maximum Gasteiger partial charge on any atom is 0.133 e. The molecule has 0 saturated heterocycles. The number of phenols is 1. The number of ether oxygens (including phenoxy) is 1. The lowest BCUT2D eigenvalue weighted by atomic mass is 10.2. The second kappa shape index (κ2) is 2.68. The van der Waals surface area contributed by atoms with Gasteiger partial charge in [-0.2, -0.15) is 0 Å². The molecule has 0 bridgehead atoms. The SMILES string of the molecule is COc1ccc(O)c2sccc12. The molecule has 3 heteroatoms. The molecule has 0 spiro atoms. The van der Waals surface area contributed by atoms with Crippen LogP contribution in [0.2, 0.25) is 0 Å². The van der Waals surface area contributed by atoms with Crippen molar-refractivity contribution < 1.29 is 9.84 Å². The molecule has 12 heavy (non-hydrogen) atoms. The van der Waals surface area contributed by atoms with E-state index in [1.54, 1.807) is 19.2 Å². The van der Waals surface area contributed by atoms with Crippen molar-refractivity contribution in [2.45, 2.75) is 0 Å². The van der Waals surface area contributed by atoms with Crippen molar-refractivity contribution in [1.29, 1.82) is 0 Å². The van der Waals surface area contributed by atoms with Gasteiger partial charge in [0, 0.05) is 5.39 Å². The quantitative estimate of drug-likeness (QED) is 0.731. The minimum absolute atomic E-state index is 0.320. The monoisotopic (exact) mass is 180 g/mol. The van der Waals surface area contributed by atoms with E-state index in [4.69, 9.17) is 4.74 Å². The molecule has 2 aromatic rings. The zero-order chi connectivity index (χ0) is 8.55. The van der Waals surface area contributed by atoms with Gasteiger partial charge in [-0.15, -0.1) is 11.3 Å². The molecule has 1 heterocycles. The summed E-state index contributed by atoms with van der Waals surface area (Å²) in [6, 6.07) is 5.36. The predicted octanol–water partition coefficient (Wildman–Crippen LogP) is 2.62. The van der Waals surface area contributed by atoms with E-state index in [-0.39, 0.29) is 0 Å². The van der Waals surface area contributed by atoms with Gasteiger partial charge >= 0.3 is 0 Å². The number of hydrogen-bond acceptors (Lipinski definition) is 3. The normalized spacial score (nSPS) is 10.4. The van der Waals surface area contributed by atoms with Crippen LogP contribution in [0.1, 0.15) is 0 Å². The molecule has 0 radical (unpaired) electrons. The van der Waals surface area contributed by atoms with E-state index in [1.807, 2.05) is 11.4 Å². The fraction of sp³-hybridized carbons (Fsp3) is 0.111. The molecular formula is C9H8O2S. The number of phenolic OH excluding ortho intramolecular Hbond substituents is 1. The molecule has 62 valence electrons. The fourth-order valence-corrected chi connectivity index (χ4v) is 2.02. The lowest BCUT2D eigenvalue weighted by Gasteiger charge is -2.01. The average Bonchev–Trinajstić information content (AvgIpc) is 2.54. The standard InChI is InChI=1S/C9H8O2S/c1-11-8-3-2-7(10)9-6(8)4-5-12-9/h2-5,10H,1H3. The molecule has 0 aliphatic rings. The van der Waals surface area contributed by atoms with Gasteiger partial charge in [0.15, 0.2) is 0 Å². The van der Waals surface area contributed by atoms with Crippen LogP contribution in [0.5, 0.6) is 11.5 Å². The van der Waals surface area contributed by atoms with E-state index >= 15 is 0 Å². The summed E-state index contributed by atoms with van der Waals surface area (Å²) in [6.07, 6.45) is 0. The molecule has 0 unspecified atom stereocenters. The molecule has 2 rings (SSSR count). The van der Waals surface area contributed by atoms with Crippen LogP contribution in [0, 0.1) is 0 Å². The van der Waals surface area contributed by atoms with Crippen molar-refractivity contribution in [2.24, 2.45) is 0 Å². The van der Waals surface area contributed by atoms with E-state index in [0.717, 1.165) is 15.8 Å². The van der Waals surface area contributed by atoms with Gasteiger partial charge in [0.2, 0.25) is 0 Å². The van der Waals surface area contributed by atoms with Crippen LogP contribution >= 0.6 is 11.3 Å². The van der Waals surface area contributed by atoms with Crippen molar-refractivity contribution in [3.8, 4) is 11.5 Å². The van der Waals surface area contributed by atoms with Crippen molar-refractivity contribution >= 4 is 21.4 Å². The Morgan fingerprint density at radius 3 is 2.92 bits per heavy atom. The first-order valence-corrected chi connectivity index (χ1v) is 4.44. The predicted molar refractivity (Wildman–Crippen MR) is 50.0 cm³/mol. The molecule has 0 aliphatic carbocycles. The van der Waals surface area contributed by atoms with Crippen molar-refractivity contribution in [2.75, 3.05) is 7.11 Å². The zero-order valence-corrected chi connectivity index (χ0v) is 7.39. The van der Waals surface area contributed by atoms with Crippen LogP contribution in [-0.2, 0) is 0 Å².